The van der Waals surface area contributed by atoms with E-state index in [1.165, 1.54) is 0 Å². The number of pyridine rings is 1. The number of esters is 1. The maximum Gasteiger partial charge on any atom is 0.329 e. The molecule has 0 aliphatic heterocycles. The Morgan fingerprint density at radius 1 is 1.03 bits per heavy atom. The molecule has 2 aromatic heterocycles. The van der Waals surface area contributed by atoms with Crippen molar-refractivity contribution in [1.82, 2.24) is 15.3 Å². The third kappa shape index (κ3) is 4.28. The number of para-hydroxylation sites is 1. The zero-order valence-corrected chi connectivity index (χ0v) is 17.8. The Balaban J connectivity index is 1.55. The average molecular weight is 415 g/mol. The first kappa shape index (κ1) is 20.6. The van der Waals surface area contributed by atoms with Crippen molar-refractivity contribution in [2.75, 3.05) is 0 Å². The van der Waals surface area contributed by atoms with E-state index in [0.29, 0.717) is 0 Å². The first-order chi connectivity index (χ1) is 14.9. The van der Waals surface area contributed by atoms with Crippen molar-refractivity contribution in [3.63, 3.8) is 0 Å². The molecule has 0 aliphatic rings. The Morgan fingerprint density at radius 2 is 1.74 bits per heavy atom. The molecule has 0 unspecified atom stereocenters. The third-order valence-electron chi connectivity index (χ3n) is 5.34. The van der Waals surface area contributed by atoms with Crippen molar-refractivity contribution in [3.05, 3.63) is 77.6 Å². The number of amides is 1. The number of aromatic nitrogens is 2. The molecule has 0 bridgehead atoms. The van der Waals surface area contributed by atoms with Gasteiger partial charge in [-0.15, -0.1) is 0 Å². The monoisotopic (exact) mass is 415 g/mol. The third-order valence-corrected chi connectivity index (χ3v) is 5.34. The van der Waals surface area contributed by atoms with Crippen LogP contribution in [-0.4, -0.2) is 27.9 Å². The van der Waals surface area contributed by atoms with Gasteiger partial charge in [-0.2, -0.15) is 0 Å². The molecular formula is C25H25N3O3. The molecule has 0 aliphatic carbocycles. The molecule has 2 heterocycles. The van der Waals surface area contributed by atoms with Gasteiger partial charge in [-0.25, -0.2) is 9.78 Å². The van der Waals surface area contributed by atoms with Crippen LogP contribution in [-0.2, 0) is 16.1 Å². The van der Waals surface area contributed by atoms with Crippen molar-refractivity contribution in [2.24, 2.45) is 5.92 Å². The molecule has 4 aromatic rings. The quantitative estimate of drug-likeness (QED) is 0.454. The minimum absolute atomic E-state index is 0.134. The Morgan fingerprint density at radius 3 is 2.48 bits per heavy atom. The molecule has 0 radical (unpaired) electrons. The number of nitrogens with zero attached hydrogens (tertiary/aromatic N) is 1. The summed E-state index contributed by atoms with van der Waals surface area (Å²) in [5.74, 6) is -0.993. The molecule has 2 N–H and O–H groups in total. The highest BCUT2D eigenvalue weighted by Crippen LogP contribution is 2.27. The summed E-state index contributed by atoms with van der Waals surface area (Å²) < 4.78 is 5.45. The smallest absolute Gasteiger partial charge is 0.329 e. The summed E-state index contributed by atoms with van der Waals surface area (Å²) >= 11 is 0. The number of H-pyrrole nitrogens is 1. The number of aryl methyl sites for hydroxylation is 1. The lowest BCUT2D eigenvalue weighted by Gasteiger charge is -2.21. The molecule has 6 nitrogen and oxygen atoms in total. The number of hydrogen-bond acceptors (Lipinski definition) is 4. The van der Waals surface area contributed by atoms with E-state index >= 15 is 0 Å². The molecule has 158 valence electrons. The zero-order valence-electron chi connectivity index (χ0n) is 17.8. The van der Waals surface area contributed by atoms with Gasteiger partial charge in [0.2, 0.25) is 0 Å². The van der Waals surface area contributed by atoms with E-state index in [2.05, 4.69) is 15.3 Å². The highest BCUT2D eigenvalue weighted by atomic mass is 16.5. The van der Waals surface area contributed by atoms with E-state index in [9.17, 15) is 9.59 Å². The van der Waals surface area contributed by atoms with Gasteiger partial charge in [0.25, 0.3) is 5.91 Å². The maximum absolute atomic E-state index is 13.0. The van der Waals surface area contributed by atoms with Crippen LogP contribution in [0.5, 0.6) is 0 Å². The van der Waals surface area contributed by atoms with E-state index < -0.39 is 17.9 Å². The average Bonchev–Trinajstić information content (AvgIpc) is 3.15. The van der Waals surface area contributed by atoms with Crippen molar-refractivity contribution < 1.29 is 14.3 Å². The molecular weight excluding hydrogens is 390 g/mol. The number of carbonyl (C=O) groups excluding carboxylic acids is 2. The van der Waals surface area contributed by atoms with E-state index in [1.54, 1.807) is 6.07 Å². The van der Waals surface area contributed by atoms with Crippen LogP contribution in [0.25, 0.3) is 21.8 Å². The number of nitrogens with one attached hydrogen (secondary N) is 2. The molecule has 6 heteroatoms. The van der Waals surface area contributed by atoms with Crippen LogP contribution in [0.15, 0.2) is 60.7 Å². The number of hydrogen-bond donors (Lipinski definition) is 2. The molecule has 4 rings (SSSR count). The fraction of sp³-hybridized carbons (Fsp3) is 0.240. The lowest BCUT2D eigenvalue weighted by Crippen LogP contribution is -2.45. The van der Waals surface area contributed by atoms with Gasteiger partial charge >= 0.3 is 5.97 Å². The van der Waals surface area contributed by atoms with Gasteiger partial charge in [0.05, 0.1) is 11.2 Å². The van der Waals surface area contributed by atoms with E-state index in [1.807, 2.05) is 75.4 Å². The van der Waals surface area contributed by atoms with Gasteiger partial charge in [0.15, 0.2) is 0 Å². The van der Waals surface area contributed by atoms with Crippen molar-refractivity contribution >= 4 is 33.7 Å². The largest absolute Gasteiger partial charge is 0.459 e. The highest BCUT2D eigenvalue weighted by Gasteiger charge is 2.27. The zero-order chi connectivity index (χ0) is 22.0. The number of rotatable bonds is 6. The van der Waals surface area contributed by atoms with Crippen LogP contribution >= 0.6 is 0 Å². The Labute approximate surface area is 180 Å². The minimum Gasteiger partial charge on any atom is -0.459 e. The molecule has 0 spiro atoms. The highest BCUT2D eigenvalue weighted by molar-refractivity contribution is 6.10. The lowest BCUT2D eigenvalue weighted by molar-refractivity contribution is -0.148. The summed E-state index contributed by atoms with van der Waals surface area (Å²) in [5, 5.41) is 4.77. The number of ether oxygens (including phenoxy) is 1. The van der Waals surface area contributed by atoms with Crippen LogP contribution in [0.3, 0.4) is 0 Å². The first-order valence-electron chi connectivity index (χ1n) is 10.3. The Bertz CT molecular complexity index is 1250. The van der Waals surface area contributed by atoms with Crippen LogP contribution in [0.1, 0.15) is 35.6 Å². The van der Waals surface area contributed by atoms with Gasteiger partial charge in [0.1, 0.15) is 18.3 Å². The topological polar surface area (TPSA) is 84.1 Å². The molecule has 0 fully saturated rings. The first-order valence-corrected chi connectivity index (χ1v) is 10.3. The van der Waals surface area contributed by atoms with Gasteiger partial charge in [-0.1, -0.05) is 62.4 Å². The lowest BCUT2D eigenvalue weighted by atomic mass is 10.0. The Hall–Kier alpha value is -3.67. The van der Waals surface area contributed by atoms with Gasteiger partial charge in [-0.3, -0.25) is 4.79 Å². The normalized spacial score (nSPS) is 12.3. The second-order valence-corrected chi connectivity index (χ2v) is 7.97. The van der Waals surface area contributed by atoms with Crippen LogP contribution in [0.4, 0.5) is 0 Å². The molecule has 31 heavy (non-hydrogen) atoms. The van der Waals surface area contributed by atoms with Crippen molar-refractivity contribution in [1.29, 1.82) is 0 Å². The summed E-state index contributed by atoms with van der Waals surface area (Å²) in [4.78, 5) is 33.5. The fourth-order valence-electron chi connectivity index (χ4n) is 3.65. The Kier molecular flexibility index (Phi) is 5.71. The maximum atomic E-state index is 13.0. The SMILES string of the molecule is Cc1nc(C(=O)N[C@H](C(=O)OCc2ccccc2)C(C)C)cc2c1[nH]c1ccccc12. The van der Waals surface area contributed by atoms with Gasteiger partial charge in [-0.05, 0) is 30.5 Å². The molecule has 0 saturated carbocycles. The molecule has 1 atom stereocenters. The summed E-state index contributed by atoms with van der Waals surface area (Å²) in [7, 11) is 0. The van der Waals surface area contributed by atoms with Crippen molar-refractivity contribution in [3.8, 4) is 0 Å². The van der Waals surface area contributed by atoms with Crippen LogP contribution in [0.2, 0.25) is 0 Å². The van der Waals surface area contributed by atoms with E-state index in [4.69, 9.17) is 4.74 Å². The predicted octanol–water partition coefficient (Wildman–Crippen LogP) is 4.52. The van der Waals surface area contributed by atoms with E-state index in [-0.39, 0.29) is 18.2 Å². The number of aromatic amines is 1. The predicted molar refractivity (Wildman–Crippen MR) is 121 cm³/mol. The van der Waals surface area contributed by atoms with Crippen molar-refractivity contribution in [2.45, 2.75) is 33.4 Å². The summed E-state index contributed by atoms with van der Waals surface area (Å²) in [6.07, 6.45) is 0. The van der Waals surface area contributed by atoms with Gasteiger partial charge in [0, 0.05) is 16.3 Å². The van der Waals surface area contributed by atoms with E-state index in [0.717, 1.165) is 33.1 Å². The molecule has 2 aromatic carbocycles. The van der Waals surface area contributed by atoms with Crippen LogP contribution in [0, 0.1) is 12.8 Å². The number of fused-ring (bicyclic) bond motifs is 3. The van der Waals surface area contributed by atoms with Crippen LogP contribution < -0.4 is 5.32 Å². The molecule has 1 amide bonds. The minimum atomic E-state index is -0.767. The number of benzene rings is 2. The fourth-order valence-corrected chi connectivity index (χ4v) is 3.65. The molecule has 0 saturated heterocycles. The summed E-state index contributed by atoms with van der Waals surface area (Å²) in [6.45, 7) is 5.77. The number of carbonyl (C=O) groups is 2. The standard InChI is InChI=1S/C25H25N3O3/c1-15(2)22(25(30)31-14-17-9-5-4-6-10-17)28-24(29)21-13-19-18-11-7-8-12-20(18)27-23(19)16(3)26-21/h4-13,15,22,27H,14H2,1-3H3,(H,28,29)/t22-/m0/s1. The summed E-state index contributed by atoms with van der Waals surface area (Å²) in [6, 6.07) is 18.4. The summed E-state index contributed by atoms with van der Waals surface area (Å²) in [5.41, 5.74) is 3.79. The van der Waals surface area contributed by atoms with Gasteiger partial charge < -0.3 is 15.0 Å². The second kappa shape index (κ2) is 8.60. The second-order valence-electron chi connectivity index (χ2n) is 7.97.